The average molecular weight is 293 g/mol. The molecule has 1 heterocycles. The highest BCUT2D eigenvalue weighted by molar-refractivity contribution is 5.62. The van der Waals surface area contributed by atoms with Crippen molar-refractivity contribution in [2.75, 3.05) is 29.9 Å². The summed E-state index contributed by atoms with van der Waals surface area (Å²) in [6.45, 7) is 7.85. The van der Waals surface area contributed by atoms with E-state index in [9.17, 15) is 10.1 Å². The minimum atomic E-state index is -0.371. The number of nitrogens with zero attached hydrogens (tertiary/aromatic N) is 4. The van der Waals surface area contributed by atoms with Gasteiger partial charge < -0.3 is 10.2 Å². The Bertz CT molecular complexity index is 516. The van der Waals surface area contributed by atoms with E-state index in [0.717, 1.165) is 6.54 Å². The van der Waals surface area contributed by atoms with Gasteiger partial charge in [0, 0.05) is 19.6 Å². The lowest BCUT2D eigenvalue weighted by Crippen LogP contribution is -2.33. The van der Waals surface area contributed by atoms with Crippen molar-refractivity contribution in [2.24, 2.45) is 5.92 Å². The van der Waals surface area contributed by atoms with Gasteiger partial charge in [0.2, 0.25) is 11.8 Å². The molecule has 0 amide bonds. The van der Waals surface area contributed by atoms with Crippen molar-refractivity contribution in [3.05, 3.63) is 15.8 Å². The molecule has 1 fully saturated rings. The van der Waals surface area contributed by atoms with E-state index in [1.54, 1.807) is 6.92 Å². The molecule has 0 atom stereocenters. The lowest BCUT2D eigenvalue weighted by molar-refractivity contribution is -0.385. The molecule has 0 spiro atoms. The quantitative estimate of drug-likeness (QED) is 0.614. The van der Waals surface area contributed by atoms with E-state index in [2.05, 4.69) is 15.3 Å². The van der Waals surface area contributed by atoms with Crippen molar-refractivity contribution in [3.8, 4) is 0 Å². The van der Waals surface area contributed by atoms with Crippen LogP contribution in [0.25, 0.3) is 0 Å². The lowest BCUT2D eigenvalue weighted by atomic mass is 9.85. The Hall–Kier alpha value is -1.92. The predicted molar refractivity (Wildman–Crippen MR) is 82.8 cm³/mol. The zero-order valence-corrected chi connectivity index (χ0v) is 12.9. The topological polar surface area (TPSA) is 84.2 Å². The van der Waals surface area contributed by atoms with E-state index < -0.39 is 0 Å². The van der Waals surface area contributed by atoms with E-state index in [4.69, 9.17) is 0 Å². The smallest absolute Gasteiger partial charge is 0.332 e. The third kappa shape index (κ3) is 3.40. The van der Waals surface area contributed by atoms with E-state index in [0.29, 0.717) is 36.5 Å². The third-order valence-electron chi connectivity index (χ3n) is 3.94. The maximum Gasteiger partial charge on any atom is 0.332 e. The predicted octanol–water partition coefficient (Wildman–Crippen LogP) is 2.75. The Balaban J connectivity index is 2.38. The molecule has 0 unspecified atom stereocenters. The number of hydrogen-bond acceptors (Lipinski definition) is 6. The monoisotopic (exact) mass is 293 g/mol. The second-order valence-corrected chi connectivity index (χ2v) is 5.43. The van der Waals surface area contributed by atoms with E-state index in [-0.39, 0.29) is 10.6 Å². The molecule has 0 radical (unpaired) electrons. The summed E-state index contributed by atoms with van der Waals surface area (Å²) < 4.78 is 0. The number of nitrogens with one attached hydrogen (secondary N) is 1. The van der Waals surface area contributed by atoms with Crippen molar-refractivity contribution in [1.29, 1.82) is 0 Å². The Kier molecular flexibility index (Phi) is 4.93. The summed E-state index contributed by atoms with van der Waals surface area (Å²) >= 11 is 0. The molecular weight excluding hydrogens is 270 g/mol. The van der Waals surface area contributed by atoms with Gasteiger partial charge in [-0.25, -0.2) is 4.98 Å². The van der Waals surface area contributed by atoms with Gasteiger partial charge in [0.15, 0.2) is 0 Å². The van der Waals surface area contributed by atoms with E-state index in [1.807, 2.05) is 18.7 Å². The highest BCUT2D eigenvalue weighted by Gasteiger charge is 2.28. The van der Waals surface area contributed by atoms with Gasteiger partial charge in [0.1, 0.15) is 5.69 Å². The zero-order chi connectivity index (χ0) is 15.4. The lowest BCUT2D eigenvalue weighted by Gasteiger charge is -2.32. The summed E-state index contributed by atoms with van der Waals surface area (Å²) in [6, 6.07) is 0. The van der Waals surface area contributed by atoms with Gasteiger partial charge in [0.25, 0.3) is 0 Å². The highest BCUT2D eigenvalue weighted by Crippen LogP contribution is 2.33. The van der Waals surface area contributed by atoms with Gasteiger partial charge in [-0.1, -0.05) is 6.42 Å². The third-order valence-corrected chi connectivity index (χ3v) is 3.94. The summed E-state index contributed by atoms with van der Waals surface area (Å²) in [4.78, 5) is 21.6. The first kappa shape index (κ1) is 15.5. The second-order valence-electron chi connectivity index (χ2n) is 5.43. The average Bonchev–Trinajstić information content (AvgIpc) is 2.37. The van der Waals surface area contributed by atoms with Crippen molar-refractivity contribution >= 4 is 17.5 Å². The molecule has 2 rings (SSSR count). The Labute approximate surface area is 124 Å². The van der Waals surface area contributed by atoms with Crippen LogP contribution in [0.3, 0.4) is 0 Å². The Morgan fingerprint density at radius 2 is 2.10 bits per heavy atom. The van der Waals surface area contributed by atoms with Crippen LogP contribution < -0.4 is 10.2 Å². The number of nitro groups is 1. The first-order valence-electron chi connectivity index (χ1n) is 7.58. The zero-order valence-electron chi connectivity index (χ0n) is 12.9. The van der Waals surface area contributed by atoms with Crippen molar-refractivity contribution in [2.45, 2.75) is 40.0 Å². The molecule has 1 aromatic heterocycles. The fourth-order valence-corrected chi connectivity index (χ4v) is 2.58. The molecule has 7 heteroatoms. The molecule has 0 aliphatic heterocycles. The standard InChI is InChI=1S/C14H23N5O2/c1-4-15-14-16-10(3)12(19(20)21)13(17-14)18(5-2)9-11-7-6-8-11/h11H,4-9H2,1-3H3,(H,15,16,17). The summed E-state index contributed by atoms with van der Waals surface area (Å²) in [5, 5.41) is 14.4. The minimum absolute atomic E-state index is 0.0258. The van der Waals surface area contributed by atoms with Crippen molar-refractivity contribution < 1.29 is 4.92 Å². The van der Waals surface area contributed by atoms with Crippen LogP contribution in [0.1, 0.15) is 38.8 Å². The number of hydrogen-bond donors (Lipinski definition) is 1. The highest BCUT2D eigenvalue weighted by atomic mass is 16.6. The molecule has 1 N–H and O–H groups in total. The molecule has 116 valence electrons. The molecule has 0 bridgehead atoms. The van der Waals surface area contributed by atoms with Crippen LogP contribution in [-0.4, -0.2) is 34.5 Å². The SMILES string of the molecule is CCNc1nc(C)c([N+](=O)[O-])c(N(CC)CC2CCC2)n1. The first-order chi connectivity index (χ1) is 10.1. The maximum atomic E-state index is 11.4. The largest absolute Gasteiger partial charge is 0.354 e. The molecule has 7 nitrogen and oxygen atoms in total. The summed E-state index contributed by atoms with van der Waals surface area (Å²) in [6.07, 6.45) is 3.67. The van der Waals surface area contributed by atoms with Crippen LogP contribution in [0.5, 0.6) is 0 Å². The maximum absolute atomic E-state index is 11.4. The molecule has 1 aliphatic rings. The summed E-state index contributed by atoms with van der Waals surface area (Å²) in [5.74, 6) is 1.53. The van der Waals surface area contributed by atoms with Gasteiger partial charge in [-0.3, -0.25) is 10.1 Å². The molecule has 1 aromatic rings. The van der Waals surface area contributed by atoms with Crippen molar-refractivity contribution in [3.63, 3.8) is 0 Å². The molecule has 0 aromatic carbocycles. The number of aryl methyl sites for hydroxylation is 1. The molecule has 21 heavy (non-hydrogen) atoms. The minimum Gasteiger partial charge on any atom is -0.354 e. The molecule has 1 aliphatic carbocycles. The van der Waals surface area contributed by atoms with Crippen LogP contribution in [0, 0.1) is 23.0 Å². The van der Waals surface area contributed by atoms with Crippen LogP contribution in [-0.2, 0) is 0 Å². The Morgan fingerprint density at radius 1 is 1.38 bits per heavy atom. The van der Waals surface area contributed by atoms with Crippen LogP contribution in [0.15, 0.2) is 0 Å². The second kappa shape index (κ2) is 6.69. The first-order valence-corrected chi connectivity index (χ1v) is 7.58. The van der Waals surface area contributed by atoms with Crippen LogP contribution in [0.2, 0.25) is 0 Å². The normalized spacial score (nSPS) is 14.6. The van der Waals surface area contributed by atoms with Crippen LogP contribution in [0.4, 0.5) is 17.5 Å². The fraction of sp³-hybridized carbons (Fsp3) is 0.714. The summed E-state index contributed by atoms with van der Waals surface area (Å²) in [7, 11) is 0. The van der Waals surface area contributed by atoms with Gasteiger partial charge >= 0.3 is 5.69 Å². The molecular formula is C14H23N5O2. The number of aromatic nitrogens is 2. The van der Waals surface area contributed by atoms with Crippen LogP contribution >= 0.6 is 0 Å². The van der Waals surface area contributed by atoms with E-state index in [1.165, 1.54) is 19.3 Å². The fourth-order valence-electron chi connectivity index (χ4n) is 2.58. The molecule has 0 saturated heterocycles. The number of rotatable bonds is 7. The van der Waals surface area contributed by atoms with Gasteiger partial charge in [-0.2, -0.15) is 4.98 Å². The van der Waals surface area contributed by atoms with E-state index >= 15 is 0 Å². The van der Waals surface area contributed by atoms with Gasteiger partial charge in [0.05, 0.1) is 4.92 Å². The van der Waals surface area contributed by atoms with Gasteiger partial charge in [-0.15, -0.1) is 0 Å². The number of anilines is 2. The van der Waals surface area contributed by atoms with Crippen molar-refractivity contribution in [1.82, 2.24) is 9.97 Å². The Morgan fingerprint density at radius 3 is 2.57 bits per heavy atom. The van der Waals surface area contributed by atoms with Gasteiger partial charge in [-0.05, 0) is 39.5 Å². The molecule has 1 saturated carbocycles. The summed E-state index contributed by atoms with van der Waals surface area (Å²) in [5.41, 5.74) is 0.436.